The number of aliphatic carboxylic acids is 1. The van der Waals surface area contributed by atoms with Crippen molar-refractivity contribution in [1.82, 2.24) is 5.32 Å². The van der Waals surface area contributed by atoms with E-state index in [4.69, 9.17) is 19.7 Å². The summed E-state index contributed by atoms with van der Waals surface area (Å²) in [4.78, 5) is 22.6. The third-order valence-electron chi connectivity index (χ3n) is 3.33. The number of carboxylic acids is 1. The van der Waals surface area contributed by atoms with E-state index in [2.05, 4.69) is 5.32 Å². The quantitative estimate of drug-likeness (QED) is 0.356. The molecule has 5 atom stereocenters. The van der Waals surface area contributed by atoms with E-state index >= 15 is 0 Å². The van der Waals surface area contributed by atoms with Crippen molar-refractivity contribution in [2.24, 2.45) is 0 Å². The minimum Gasteiger partial charge on any atom is -0.478 e. The molecule has 0 spiro atoms. The second kappa shape index (κ2) is 8.82. The zero-order valence-electron chi connectivity index (χ0n) is 13.0. The second-order valence-electron chi connectivity index (χ2n) is 5.20. The van der Waals surface area contributed by atoms with Gasteiger partial charge < -0.3 is 35.2 Å². The van der Waals surface area contributed by atoms with Crippen molar-refractivity contribution >= 4 is 11.9 Å². The van der Waals surface area contributed by atoms with Crippen LogP contribution in [-0.4, -0.2) is 76.0 Å². The van der Waals surface area contributed by atoms with Crippen LogP contribution < -0.4 is 5.32 Å². The summed E-state index contributed by atoms with van der Waals surface area (Å²) in [5.74, 6) is -2.15. The number of hydrogen-bond acceptors (Lipinski definition) is 7. The van der Waals surface area contributed by atoms with Gasteiger partial charge in [-0.25, -0.2) is 4.79 Å². The van der Waals surface area contributed by atoms with Crippen molar-refractivity contribution in [1.29, 1.82) is 0 Å². The Labute approximate surface area is 133 Å². The minimum atomic E-state index is -1.34. The number of carboxylic acid groups (broad SMARTS) is 1. The molecule has 1 rings (SSSR count). The molecule has 0 saturated carbocycles. The van der Waals surface area contributed by atoms with Gasteiger partial charge in [0.05, 0.1) is 24.9 Å². The standard InChI is InChI=1S/C14H23NO8/c1-3-22-10-5-11(14(20)21)23-13(12(10)15-7(2)17)9(19)4-8(18)6-16/h5,8-10,12-13,16,18-19H,3-4,6H2,1-2H3,(H,15,17)(H,20,21)/t8-,9+,10-,12+,13?/m0/s1. The molecule has 5 N–H and O–H groups in total. The van der Waals surface area contributed by atoms with E-state index in [1.165, 1.54) is 13.0 Å². The third-order valence-corrected chi connectivity index (χ3v) is 3.33. The highest BCUT2D eigenvalue weighted by atomic mass is 16.5. The lowest BCUT2D eigenvalue weighted by Crippen LogP contribution is -2.58. The molecule has 1 amide bonds. The number of ether oxygens (including phenoxy) is 2. The zero-order chi connectivity index (χ0) is 17.6. The molecule has 23 heavy (non-hydrogen) atoms. The summed E-state index contributed by atoms with van der Waals surface area (Å²) in [5.41, 5.74) is 0. The number of aliphatic hydroxyl groups excluding tert-OH is 3. The fourth-order valence-corrected chi connectivity index (χ4v) is 2.37. The molecule has 1 heterocycles. The molecule has 0 aliphatic carbocycles. The normalized spacial score (nSPS) is 26.7. The molecule has 9 heteroatoms. The zero-order valence-corrected chi connectivity index (χ0v) is 13.0. The summed E-state index contributed by atoms with van der Waals surface area (Å²) in [6.45, 7) is 2.66. The molecule has 0 aromatic rings. The van der Waals surface area contributed by atoms with Crippen molar-refractivity contribution in [3.63, 3.8) is 0 Å². The van der Waals surface area contributed by atoms with E-state index < -0.39 is 54.7 Å². The van der Waals surface area contributed by atoms with E-state index in [0.29, 0.717) is 0 Å². The number of carbonyl (C=O) groups is 2. The van der Waals surface area contributed by atoms with Crippen molar-refractivity contribution in [2.75, 3.05) is 13.2 Å². The second-order valence-corrected chi connectivity index (χ2v) is 5.20. The third kappa shape index (κ3) is 5.47. The Kier molecular flexibility index (Phi) is 7.43. The number of rotatable bonds is 8. The molecule has 0 radical (unpaired) electrons. The summed E-state index contributed by atoms with van der Waals surface area (Å²) in [6, 6.07) is -0.837. The van der Waals surface area contributed by atoms with Gasteiger partial charge in [-0.1, -0.05) is 0 Å². The van der Waals surface area contributed by atoms with Crippen molar-refractivity contribution in [3.05, 3.63) is 11.8 Å². The first-order valence-electron chi connectivity index (χ1n) is 7.27. The molecule has 0 bridgehead atoms. The maximum Gasteiger partial charge on any atom is 0.370 e. The lowest BCUT2D eigenvalue weighted by atomic mass is 9.93. The fourth-order valence-electron chi connectivity index (χ4n) is 2.37. The number of aliphatic hydroxyl groups is 3. The molecule has 0 aromatic carbocycles. The van der Waals surface area contributed by atoms with Crippen molar-refractivity contribution in [2.45, 2.75) is 50.7 Å². The van der Waals surface area contributed by atoms with Crippen LogP contribution in [0, 0.1) is 0 Å². The summed E-state index contributed by atoms with van der Waals surface area (Å²) in [6.07, 6.45) is -3.50. The van der Waals surface area contributed by atoms with Crippen molar-refractivity contribution in [3.8, 4) is 0 Å². The Hall–Kier alpha value is -1.68. The SMILES string of the molecule is CCO[C@H]1C=C(C(=O)O)OC([C@H](O)C[C@H](O)CO)[C@@H]1NC(C)=O. The number of amides is 1. The first-order valence-corrected chi connectivity index (χ1v) is 7.27. The van der Waals surface area contributed by atoms with E-state index in [0.717, 1.165) is 0 Å². The first kappa shape index (κ1) is 19.4. The molecule has 9 nitrogen and oxygen atoms in total. The van der Waals surface area contributed by atoms with Gasteiger partial charge >= 0.3 is 5.97 Å². The molecule has 132 valence electrons. The maximum absolute atomic E-state index is 11.4. The predicted molar refractivity (Wildman–Crippen MR) is 77.3 cm³/mol. The molecular weight excluding hydrogens is 310 g/mol. The van der Waals surface area contributed by atoms with E-state index in [-0.39, 0.29) is 13.0 Å². The van der Waals surface area contributed by atoms with Gasteiger partial charge in [-0.15, -0.1) is 0 Å². The summed E-state index contributed by atoms with van der Waals surface area (Å²) >= 11 is 0. The van der Waals surface area contributed by atoms with E-state index in [1.54, 1.807) is 6.92 Å². The summed E-state index contributed by atoms with van der Waals surface area (Å²) < 4.78 is 10.7. The molecule has 1 unspecified atom stereocenters. The topological polar surface area (TPSA) is 146 Å². The Balaban J connectivity index is 3.07. The average molecular weight is 333 g/mol. The van der Waals surface area contributed by atoms with E-state index in [1.807, 2.05) is 0 Å². The molecule has 0 fully saturated rings. The van der Waals surface area contributed by atoms with E-state index in [9.17, 15) is 19.8 Å². The van der Waals surface area contributed by atoms with Crippen LogP contribution in [0.5, 0.6) is 0 Å². The molecule has 1 aliphatic rings. The predicted octanol–water partition coefficient (Wildman–Crippen LogP) is -1.63. The Morgan fingerprint density at radius 1 is 1.43 bits per heavy atom. The van der Waals surface area contributed by atoms with Gasteiger partial charge in [-0.05, 0) is 13.0 Å². The molecule has 0 saturated heterocycles. The van der Waals surface area contributed by atoms with Crippen LogP contribution >= 0.6 is 0 Å². The Morgan fingerprint density at radius 3 is 2.57 bits per heavy atom. The highest BCUT2D eigenvalue weighted by molar-refractivity contribution is 5.84. The van der Waals surface area contributed by atoms with Crippen LogP contribution in [0.4, 0.5) is 0 Å². The van der Waals surface area contributed by atoms with Crippen LogP contribution in [-0.2, 0) is 19.1 Å². The Bertz CT molecular complexity index is 452. The molecular formula is C14H23NO8. The van der Waals surface area contributed by atoms with Gasteiger partial charge in [0.25, 0.3) is 0 Å². The van der Waals surface area contributed by atoms with Gasteiger partial charge in [0.1, 0.15) is 12.2 Å². The number of carbonyl (C=O) groups excluding carboxylic acids is 1. The smallest absolute Gasteiger partial charge is 0.370 e. The first-order chi connectivity index (χ1) is 10.8. The maximum atomic E-state index is 11.4. The minimum absolute atomic E-state index is 0.247. The monoisotopic (exact) mass is 333 g/mol. The molecule has 1 aliphatic heterocycles. The highest BCUT2D eigenvalue weighted by Gasteiger charge is 2.42. The van der Waals surface area contributed by atoms with Gasteiger partial charge in [0.15, 0.2) is 0 Å². The van der Waals surface area contributed by atoms with Gasteiger partial charge in [0.2, 0.25) is 11.7 Å². The lowest BCUT2D eigenvalue weighted by Gasteiger charge is -2.39. The van der Waals surface area contributed by atoms with Crippen molar-refractivity contribution < 1.29 is 39.5 Å². The number of hydrogen-bond donors (Lipinski definition) is 5. The average Bonchev–Trinajstić information content (AvgIpc) is 2.47. The summed E-state index contributed by atoms with van der Waals surface area (Å²) in [7, 11) is 0. The lowest BCUT2D eigenvalue weighted by molar-refractivity contribution is -0.145. The van der Waals surface area contributed by atoms with Gasteiger partial charge in [0, 0.05) is 20.0 Å². The summed E-state index contributed by atoms with van der Waals surface area (Å²) in [5, 5.41) is 40.2. The fraction of sp³-hybridized carbons (Fsp3) is 0.714. The van der Waals surface area contributed by atoms with Crippen LogP contribution in [0.2, 0.25) is 0 Å². The molecule has 0 aromatic heterocycles. The van der Waals surface area contributed by atoms with Crippen LogP contribution in [0.15, 0.2) is 11.8 Å². The highest BCUT2D eigenvalue weighted by Crippen LogP contribution is 2.25. The van der Waals surface area contributed by atoms with Gasteiger partial charge in [-0.3, -0.25) is 4.79 Å². The van der Waals surface area contributed by atoms with Crippen LogP contribution in [0.25, 0.3) is 0 Å². The van der Waals surface area contributed by atoms with Gasteiger partial charge in [-0.2, -0.15) is 0 Å². The number of nitrogens with one attached hydrogen (secondary N) is 1. The Morgan fingerprint density at radius 2 is 2.09 bits per heavy atom. The van der Waals surface area contributed by atoms with Crippen LogP contribution in [0.3, 0.4) is 0 Å². The van der Waals surface area contributed by atoms with Crippen LogP contribution in [0.1, 0.15) is 20.3 Å². The largest absolute Gasteiger partial charge is 0.478 e.